The molecule has 0 radical (unpaired) electrons. The van der Waals surface area contributed by atoms with Crippen LogP contribution in [0.5, 0.6) is 17.2 Å². The summed E-state index contributed by atoms with van der Waals surface area (Å²) >= 11 is 0. The number of anilines is 1. The van der Waals surface area contributed by atoms with Crippen LogP contribution in [0.2, 0.25) is 0 Å². The van der Waals surface area contributed by atoms with E-state index in [1.165, 1.54) is 7.11 Å². The number of carbonyl (C=O) groups is 1. The van der Waals surface area contributed by atoms with Crippen LogP contribution in [0.3, 0.4) is 0 Å². The number of para-hydroxylation sites is 2. The fourth-order valence-electron chi connectivity index (χ4n) is 4.27. The normalized spacial score (nSPS) is 13.8. The minimum Gasteiger partial charge on any atom is -0.495 e. The monoisotopic (exact) mass is 452 g/mol. The molecule has 33 heavy (non-hydrogen) atoms. The number of hydrogen-bond acceptors (Lipinski definition) is 7. The molecule has 1 fully saturated rings. The van der Waals surface area contributed by atoms with Gasteiger partial charge in [0.05, 0.1) is 39.0 Å². The first kappa shape index (κ1) is 22.5. The summed E-state index contributed by atoms with van der Waals surface area (Å²) in [7, 11) is 4.73. The quantitative estimate of drug-likeness (QED) is 0.532. The summed E-state index contributed by atoms with van der Waals surface area (Å²) in [5.41, 5.74) is 1.99. The standard InChI is InChI=1S/C25H28N2O6/c1-16-17-13-22(31-3)23(32-4)15-21(17)33-25(29)18(16)14-24(28)27-11-9-26(10-12-27)19-7-5-6-8-20(19)30-2/h5-8,13,15H,9-12,14H2,1-4H3. The van der Waals surface area contributed by atoms with E-state index in [9.17, 15) is 9.59 Å². The van der Waals surface area contributed by atoms with Gasteiger partial charge in [-0.2, -0.15) is 0 Å². The smallest absolute Gasteiger partial charge is 0.340 e. The molecule has 1 saturated heterocycles. The number of hydrogen-bond donors (Lipinski definition) is 0. The number of rotatable bonds is 6. The van der Waals surface area contributed by atoms with Crippen molar-refractivity contribution < 1.29 is 23.4 Å². The number of amides is 1. The Morgan fingerprint density at radius 2 is 1.58 bits per heavy atom. The molecule has 8 heteroatoms. The first-order chi connectivity index (χ1) is 16.0. The van der Waals surface area contributed by atoms with Gasteiger partial charge in [0.2, 0.25) is 5.91 Å². The third-order valence-corrected chi connectivity index (χ3v) is 6.18. The molecule has 8 nitrogen and oxygen atoms in total. The minimum absolute atomic E-state index is 0.00684. The van der Waals surface area contributed by atoms with Crippen LogP contribution in [0.15, 0.2) is 45.6 Å². The molecule has 4 rings (SSSR count). The zero-order valence-electron chi connectivity index (χ0n) is 19.3. The Balaban J connectivity index is 1.52. The van der Waals surface area contributed by atoms with E-state index in [1.54, 1.807) is 31.3 Å². The van der Waals surface area contributed by atoms with E-state index in [1.807, 2.05) is 31.2 Å². The molecule has 174 valence electrons. The predicted molar refractivity (Wildman–Crippen MR) is 126 cm³/mol. The third-order valence-electron chi connectivity index (χ3n) is 6.18. The van der Waals surface area contributed by atoms with Crippen LogP contribution in [0.25, 0.3) is 11.0 Å². The van der Waals surface area contributed by atoms with Gasteiger partial charge in [0.1, 0.15) is 11.3 Å². The van der Waals surface area contributed by atoms with Gasteiger partial charge in [-0.3, -0.25) is 4.79 Å². The van der Waals surface area contributed by atoms with Crippen molar-refractivity contribution in [1.82, 2.24) is 4.90 Å². The Morgan fingerprint density at radius 3 is 2.24 bits per heavy atom. The highest BCUT2D eigenvalue weighted by molar-refractivity contribution is 5.87. The molecule has 0 saturated carbocycles. The molecule has 2 heterocycles. The first-order valence-electron chi connectivity index (χ1n) is 10.8. The molecule has 3 aromatic rings. The Bertz CT molecular complexity index is 1230. The largest absolute Gasteiger partial charge is 0.495 e. The number of nitrogens with zero attached hydrogens (tertiary/aromatic N) is 2. The molecule has 0 atom stereocenters. The van der Waals surface area contributed by atoms with E-state index in [4.69, 9.17) is 18.6 Å². The van der Waals surface area contributed by atoms with E-state index in [2.05, 4.69) is 4.90 Å². The molecular formula is C25H28N2O6. The van der Waals surface area contributed by atoms with Crippen molar-refractivity contribution in [3.05, 3.63) is 57.9 Å². The number of aryl methyl sites for hydroxylation is 1. The average Bonchev–Trinajstić information content (AvgIpc) is 2.85. The SMILES string of the molecule is COc1cc2oc(=O)c(CC(=O)N3CCN(c4ccccc4OC)CC3)c(C)c2cc1OC. The molecule has 0 spiro atoms. The second-order valence-corrected chi connectivity index (χ2v) is 7.91. The second kappa shape index (κ2) is 9.44. The summed E-state index contributed by atoms with van der Waals surface area (Å²) in [6.45, 7) is 4.34. The molecule has 1 aromatic heterocycles. The summed E-state index contributed by atoms with van der Waals surface area (Å²) in [5, 5.41) is 0.719. The molecule has 0 N–H and O–H groups in total. The fourth-order valence-corrected chi connectivity index (χ4v) is 4.27. The van der Waals surface area contributed by atoms with Crippen LogP contribution in [-0.4, -0.2) is 58.3 Å². The molecule has 2 aromatic carbocycles. The lowest BCUT2D eigenvalue weighted by atomic mass is 10.0. The van der Waals surface area contributed by atoms with Crippen LogP contribution < -0.4 is 24.7 Å². The van der Waals surface area contributed by atoms with Gasteiger partial charge in [-0.15, -0.1) is 0 Å². The molecule has 0 unspecified atom stereocenters. The summed E-state index contributed by atoms with van der Waals surface area (Å²) in [6, 6.07) is 11.3. The molecule has 1 aliphatic heterocycles. The van der Waals surface area contributed by atoms with Crippen molar-refractivity contribution in [3.8, 4) is 17.2 Å². The maximum atomic E-state index is 13.1. The maximum Gasteiger partial charge on any atom is 0.340 e. The van der Waals surface area contributed by atoms with Crippen LogP contribution >= 0.6 is 0 Å². The summed E-state index contributed by atoms with van der Waals surface area (Å²) < 4.78 is 21.6. The molecule has 0 bridgehead atoms. The van der Waals surface area contributed by atoms with Crippen LogP contribution in [0.4, 0.5) is 5.69 Å². The van der Waals surface area contributed by atoms with Gasteiger partial charge in [-0.1, -0.05) is 12.1 Å². The number of carbonyl (C=O) groups excluding carboxylic acids is 1. The number of methoxy groups -OCH3 is 3. The number of benzene rings is 2. The van der Waals surface area contributed by atoms with Crippen LogP contribution in [0.1, 0.15) is 11.1 Å². The van der Waals surface area contributed by atoms with Gasteiger partial charge >= 0.3 is 5.63 Å². The molecule has 1 aliphatic rings. The lowest BCUT2D eigenvalue weighted by molar-refractivity contribution is -0.130. The summed E-state index contributed by atoms with van der Waals surface area (Å²) in [4.78, 5) is 29.8. The molecular weight excluding hydrogens is 424 g/mol. The number of piperazine rings is 1. The van der Waals surface area contributed by atoms with Gasteiger partial charge < -0.3 is 28.4 Å². The van der Waals surface area contributed by atoms with Crippen LogP contribution in [-0.2, 0) is 11.2 Å². The maximum absolute atomic E-state index is 13.1. The van der Waals surface area contributed by atoms with Gasteiger partial charge in [0, 0.05) is 37.6 Å². The Hall–Kier alpha value is -3.68. The zero-order valence-corrected chi connectivity index (χ0v) is 19.3. The summed E-state index contributed by atoms with van der Waals surface area (Å²) in [6.07, 6.45) is -0.00684. The highest BCUT2D eigenvalue weighted by Crippen LogP contribution is 2.34. The van der Waals surface area contributed by atoms with E-state index < -0.39 is 5.63 Å². The van der Waals surface area contributed by atoms with E-state index in [0.717, 1.165) is 16.8 Å². The molecule has 0 aliphatic carbocycles. The average molecular weight is 453 g/mol. The highest BCUT2D eigenvalue weighted by atomic mass is 16.5. The Morgan fingerprint density at radius 1 is 0.939 bits per heavy atom. The van der Waals surface area contributed by atoms with Crippen molar-refractivity contribution in [3.63, 3.8) is 0 Å². The van der Waals surface area contributed by atoms with Gasteiger partial charge in [0.15, 0.2) is 11.5 Å². The predicted octanol–water partition coefficient (Wildman–Crippen LogP) is 3.02. The van der Waals surface area contributed by atoms with Gasteiger partial charge in [0.25, 0.3) is 0 Å². The van der Waals surface area contributed by atoms with Gasteiger partial charge in [-0.05, 0) is 30.7 Å². The fraction of sp³-hybridized carbons (Fsp3) is 0.360. The Kier molecular flexibility index (Phi) is 6.44. The van der Waals surface area contributed by atoms with Crippen molar-refractivity contribution in [1.29, 1.82) is 0 Å². The second-order valence-electron chi connectivity index (χ2n) is 7.91. The van der Waals surface area contributed by atoms with E-state index in [0.29, 0.717) is 54.4 Å². The lowest BCUT2D eigenvalue weighted by Gasteiger charge is -2.36. The van der Waals surface area contributed by atoms with E-state index >= 15 is 0 Å². The van der Waals surface area contributed by atoms with Crippen molar-refractivity contribution in [2.24, 2.45) is 0 Å². The lowest BCUT2D eigenvalue weighted by Crippen LogP contribution is -2.49. The topological polar surface area (TPSA) is 81.5 Å². The summed E-state index contributed by atoms with van der Waals surface area (Å²) in [5.74, 6) is 1.73. The van der Waals surface area contributed by atoms with Crippen LogP contribution in [0, 0.1) is 6.92 Å². The minimum atomic E-state index is -0.506. The van der Waals surface area contributed by atoms with E-state index in [-0.39, 0.29) is 12.3 Å². The van der Waals surface area contributed by atoms with Crippen molar-refractivity contribution in [2.75, 3.05) is 52.4 Å². The van der Waals surface area contributed by atoms with Crippen molar-refractivity contribution in [2.45, 2.75) is 13.3 Å². The zero-order chi connectivity index (χ0) is 23.5. The number of ether oxygens (including phenoxy) is 3. The highest BCUT2D eigenvalue weighted by Gasteiger charge is 2.25. The first-order valence-corrected chi connectivity index (χ1v) is 10.8. The van der Waals surface area contributed by atoms with Crippen molar-refractivity contribution >= 4 is 22.6 Å². The third kappa shape index (κ3) is 4.33. The Labute approximate surface area is 192 Å². The number of fused-ring (bicyclic) bond motifs is 1. The molecule has 1 amide bonds. The van der Waals surface area contributed by atoms with Gasteiger partial charge in [-0.25, -0.2) is 4.79 Å².